The summed E-state index contributed by atoms with van der Waals surface area (Å²) in [5, 5.41) is 6.87. The molecule has 0 saturated heterocycles. The maximum absolute atomic E-state index is 14.0. The van der Waals surface area contributed by atoms with Gasteiger partial charge < -0.3 is 14.6 Å². The minimum Gasteiger partial charge on any atom is -0.485 e. The molecule has 1 aromatic heterocycles. The Balaban J connectivity index is 1.98. The average Bonchev–Trinajstić information content (AvgIpc) is 2.96. The number of hydrogen-bond acceptors (Lipinski definition) is 5. The second-order valence-corrected chi connectivity index (χ2v) is 4.50. The van der Waals surface area contributed by atoms with Crippen LogP contribution in [0.15, 0.2) is 29.1 Å². The molecule has 20 heavy (non-hydrogen) atoms. The summed E-state index contributed by atoms with van der Waals surface area (Å²) in [4.78, 5) is 3.83. The molecule has 0 aliphatic rings. The number of nitrogens with zero attached hydrogens (tertiary/aromatic N) is 2. The predicted octanol–water partition coefficient (Wildman–Crippen LogP) is 2.85. The largest absolute Gasteiger partial charge is 0.485 e. The standard InChI is InChI=1S/C14H18FN3O2/c1-3-6-16-10(2)12-5-4-11(7-13(12)15)19-8-14-17-9-20-18-14/h4-5,7,9-10,16H,3,6,8H2,1-2H3. The summed E-state index contributed by atoms with van der Waals surface area (Å²) < 4.78 is 24.0. The van der Waals surface area contributed by atoms with Gasteiger partial charge in [-0.25, -0.2) is 4.39 Å². The summed E-state index contributed by atoms with van der Waals surface area (Å²) in [6.45, 7) is 5.02. The van der Waals surface area contributed by atoms with Crippen LogP contribution in [0.4, 0.5) is 4.39 Å². The van der Waals surface area contributed by atoms with Gasteiger partial charge in [-0.05, 0) is 26.0 Å². The lowest BCUT2D eigenvalue weighted by Gasteiger charge is -2.15. The van der Waals surface area contributed by atoms with E-state index in [0.717, 1.165) is 13.0 Å². The quantitative estimate of drug-likeness (QED) is 0.844. The zero-order valence-electron chi connectivity index (χ0n) is 11.6. The summed E-state index contributed by atoms with van der Waals surface area (Å²) >= 11 is 0. The fourth-order valence-electron chi connectivity index (χ4n) is 1.82. The van der Waals surface area contributed by atoms with Crippen LogP contribution in [0.5, 0.6) is 5.75 Å². The Kier molecular flexibility index (Phi) is 5.06. The molecular weight excluding hydrogens is 261 g/mol. The highest BCUT2D eigenvalue weighted by Crippen LogP contribution is 2.22. The van der Waals surface area contributed by atoms with E-state index in [0.29, 0.717) is 17.1 Å². The molecule has 2 rings (SSSR count). The van der Waals surface area contributed by atoms with Gasteiger partial charge >= 0.3 is 0 Å². The van der Waals surface area contributed by atoms with Gasteiger partial charge in [-0.1, -0.05) is 18.1 Å². The molecule has 5 nitrogen and oxygen atoms in total. The van der Waals surface area contributed by atoms with E-state index >= 15 is 0 Å². The van der Waals surface area contributed by atoms with E-state index in [1.807, 2.05) is 6.92 Å². The van der Waals surface area contributed by atoms with E-state index in [-0.39, 0.29) is 18.5 Å². The van der Waals surface area contributed by atoms with Crippen molar-refractivity contribution in [1.29, 1.82) is 0 Å². The van der Waals surface area contributed by atoms with E-state index in [2.05, 4.69) is 26.9 Å². The summed E-state index contributed by atoms with van der Waals surface area (Å²) in [7, 11) is 0. The van der Waals surface area contributed by atoms with Crippen LogP contribution < -0.4 is 10.1 Å². The SMILES string of the molecule is CCCNC(C)c1ccc(OCc2ncon2)cc1F. The van der Waals surface area contributed by atoms with Crippen molar-refractivity contribution in [2.45, 2.75) is 32.9 Å². The monoisotopic (exact) mass is 279 g/mol. The Morgan fingerprint density at radius 1 is 1.45 bits per heavy atom. The molecule has 1 aromatic carbocycles. The van der Waals surface area contributed by atoms with Crippen molar-refractivity contribution in [2.75, 3.05) is 6.54 Å². The Hall–Kier alpha value is -1.95. The molecule has 6 heteroatoms. The van der Waals surface area contributed by atoms with Crippen molar-refractivity contribution in [2.24, 2.45) is 0 Å². The number of benzene rings is 1. The fraction of sp³-hybridized carbons (Fsp3) is 0.429. The van der Waals surface area contributed by atoms with Crippen molar-refractivity contribution < 1.29 is 13.7 Å². The Morgan fingerprint density at radius 2 is 2.30 bits per heavy atom. The number of rotatable bonds is 7. The van der Waals surface area contributed by atoms with Crippen LogP contribution in [0.25, 0.3) is 0 Å². The molecule has 0 spiro atoms. The van der Waals surface area contributed by atoms with Gasteiger partial charge in [0, 0.05) is 17.7 Å². The van der Waals surface area contributed by atoms with Crippen molar-refractivity contribution >= 4 is 0 Å². The molecule has 0 saturated carbocycles. The lowest BCUT2D eigenvalue weighted by molar-refractivity contribution is 0.285. The number of nitrogens with one attached hydrogen (secondary N) is 1. The minimum absolute atomic E-state index is 0.0267. The van der Waals surface area contributed by atoms with Crippen LogP contribution in [0.1, 0.15) is 37.7 Å². The lowest BCUT2D eigenvalue weighted by atomic mass is 10.1. The maximum atomic E-state index is 14.0. The van der Waals surface area contributed by atoms with Crippen molar-refractivity contribution in [3.05, 3.63) is 41.8 Å². The van der Waals surface area contributed by atoms with E-state index in [4.69, 9.17) is 4.74 Å². The number of ether oxygens (including phenoxy) is 1. The normalized spacial score (nSPS) is 12.3. The topological polar surface area (TPSA) is 60.2 Å². The molecule has 108 valence electrons. The van der Waals surface area contributed by atoms with Crippen LogP contribution in [0.3, 0.4) is 0 Å². The summed E-state index contributed by atoms with van der Waals surface area (Å²) in [6.07, 6.45) is 2.24. The first-order valence-electron chi connectivity index (χ1n) is 6.61. The zero-order chi connectivity index (χ0) is 14.4. The molecule has 1 N–H and O–H groups in total. The van der Waals surface area contributed by atoms with Gasteiger partial charge in [0.2, 0.25) is 12.2 Å². The Labute approximate surface area is 117 Å². The third-order valence-corrected chi connectivity index (χ3v) is 2.91. The lowest BCUT2D eigenvalue weighted by Crippen LogP contribution is -2.20. The van der Waals surface area contributed by atoms with E-state index in [1.165, 1.54) is 12.5 Å². The number of hydrogen-bond donors (Lipinski definition) is 1. The molecule has 0 aliphatic carbocycles. The van der Waals surface area contributed by atoms with Crippen LogP contribution in [-0.4, -0.2) is 16.7 Å². The van der Waals surface area contributed by atoms with Gasteiger partial charge in [0.15, 0.2) is 6.61 Å². The van der Waals surface area contributed by atoms with Gasteiger partial charge in [-0.3, -0.25) is 0 Å². The predicted molar refractivity (Wildman–Crippen MR) is 71.7 cm³/mol. The molecule has 2 aromatic rings. The first-order valence-corrected chi connectivity index (χ1v) is 6.61. The van der Waals surface area contributed by atoms with Crippen molar-refractivity contribution in [3.63, 3.8) is 0 Å². The van der Waals surface area contributed by atoms with E-state index < -0.39 is 0 Å². The molecular formula is C14H18FN3O2. The van der Waals surface area contributed by atoms with Gasteiger partial charge in [0.25, 0.3) is 0 Å². The van der Waals surface area contributed by atoms with Crippen LogP contribution in [-0.2, 0) is 6.61 Å². The summed E-state index contributed by atoms with van der Waals surface area (Å²) in [6, 6.07) is 4.82. The van der Waals surface area contributed by atoms with Crippen LogP contribution in [0, 0.1) is 5.82 Å². The van der Waals surface area contributed by atoms with Gasteiger partial charge in [-0.2, -0.15) is 4.98 Å². The first kappa shape index (κ1) is 14.5. The average molecular weight is 279 g/mol. The Morgan fingerprint density at radius 3 is 2.95 bits per heavy atom. The van der Waals surface area contributed by atoms with Gasteiger partial charge in [0.1, 0.15) is 11.6 Å². The minimum atomic E-state index is -0.285. The highest BCUT2D eigenvalue weighted by atomic mass is 19.1. The van der Waals surface area contributed by atoms with E-state index in [9.17, 15) is 4.39 Å². The van der Waals surface area contributed by atoms with Gasteiger partial charge in [0.05, 0.1) is 0 Å². The molecule has 1 atom stereocenters. The molecule has 1 unspecified atom stereocenters. The molecule has 0 bridgehead atoms. The van der Waals surface area contributed by atoms with Crippen molar-refractivity contribution in [3.8, 4) is 5.75 Å². The van der Waals surface area contributed by atoms with Gasteiger partial charge in [-0.15, -0.1) is 0 Å². The van der Waals surface area contributed by atoms with Crippen molar-refractivity contribution in [1.82, 2.24) is 15.5 Å². The molecule has 0 aliphatic heterocycles. The maximum Gasteiger partial charge on any atom is 0.213 e. The highest BCUT2D eigenvalue weighted by molar-refractivity contribution is 5.30. The van der Waals surface area contributed by atoms with E-state index in [1.54, 1.807) is 12.1 Å². The molecule has 1 heterocycles. The molecule has 0 radical (unpaired) electrons. The number of aromatic nitrogens is 2. The zero-order valence-corrected chi connectivity index (χ0v) is 11.6. The third kappa shape index (κ3) is 3.77. The number of halogens is 1. The Bertz CT molecular complexity index is 531. The second-order valence-electron chi connectivity index (χ2n) is 4.50. The highest BCUT2D eigenvalue weighted by Gasteiger charge is 2.11. The van der Waals surface area contributed by atoms with Crippen LogP contribution >= 0.6 is 0 Å². The van der Waals surface area contributed by atoms with Crippen LogP contribution in [0.2, 0.25) is 0 Å². The first-order chi connectivity index (χ1) is 9.70. The summed E-state index contributed by atoms with van der Waals surface area (Å²) in [5.74, 6) is 0.581. The molecule has 0 amide bonds. The smallest absolute Gasteiger partial charge is 0.213 e. The fourth-order valence-corrected chi connectivity index (χ4v) is 1.82. The summed E-state index contributed by atoms with van der Waals surface area (Å²) in [5.41, 5.74) is 0.630. The molecule has 0 fully saturated rings. The second kappa shape index (κ2) is 7.00. The third-order valence-electron chi connectivity index (χ3n) is 2.91.